The van der Waals surface area contributed by atoms with E-state index in [0.717, 1.165) is 45.1 Å². The van der Waals surface area contributed by atoms with Crippen LogP contribution in [0.1, 0.15) is 25.0 Å². The van der Waals surface area contributed by atoms with Crippen molar-refractivity contribution >= 4 is 28.1 Å². The largest absolute Gasteiger partial charge is 0.310 e. The van der Waals surface area contributed by atoms with Gasteiger partial charge in [-0.2, -0.15) is 0 Å². The van der Waals surface area contributed by atoms with Gasteiger partial charge in [0.25, 0.3) is 0 Å². The van der Waals surface area contributed by atoms with Gasteiger partial charge in [0.15, 0.2) is 0 Å². The smallest absolute Gasteiger partial charge is 0.145 e. The third-order valence-corrected chi connectivity index (χ3v) is 8.63. The lowest BCUT2D eigenvalue weighted by Crippen LogP contribution is -2.30. The highest BCUT2D eigenvalue weighted by Gasteiger charge is 2.37. The van der Waals surface area contributed by atoms with Gasteiger partial charge in [-0.1, -0.05) is 92.7 Å². The summed E-state index contributed by atoms with van der Waals surface area (Å²) < 4.78 is 2.26. The zero-order valence-corrected chi connectivity index (χ0v) is 24.1. The lowest BCUT2D eigenvalue weighted by molar-refractivity contribution is 0.632. The predicted molar refractivity (Wildman–Crippen MR) is 177 cm³/mol. The Labute approximate surface area is 251 Å². The minimum absolute atomic E-state index is 0.163. The zero-order valence-electron chi connectivity index (χ0n) is 24.1. The minimum atomic E-state index is -0.163. The highest BCUT2D eigenvalue weighted by molar-refractivity contribution is 5.90. The molecule has 0 spiro atoms. The molecule has 7 aromatic rings. The van der Waals surface area contributed by atoms with Gasteiger partial charge in [0.1, 0.15) is 5.82 Å². The van der Waals surface area contributed by atoms with E-state index in [9.17, 15) is 0 Å². The molecule has 0 N–H and O–H groups in total. The Balaban J connectivity index is 1.35. The van der Waals surface area contributed by atoms with Crippen molar-refractivity contribution in [3.05, 3.63) is 157 Å². The molecule has 0 radical (unpaired) electrons. The molecule has 5 aromatic carbocycles. The summed E-state index contributed by atoms with van der Waals surface area (Å²) in [4.78, 5) is 12.2. The van der Waals surface area contributed by atoms with Crippen LogP contribution in [0.15, 0.2) is 146 Å². The Bertz CT molecular complexity index is 2110. The molecule has 4 nitrogen and oxygen atoms in total. The summed E-state index contributed by atoms with van der Waals surface area (Å²) in [5, 5.41) is 0. The minimum Gasteiger partial charge on any atom is -0.310 e. The van der Waals surface area contributed by atoms with E-state index in [1.165, 1.54) is 22.5 Å². The van der Waals surface area contributed by atoms with E-state index >= 15 is 0 Å². The fraction of sp³-hybridized carbons (Fsp3) is 0.0769. The van der Waals surface area contributed by atoms with Crippen LogP contribution in [0, 0.1) is 0 Å². The van der Waals surface area contributed by atoms with Gasteiger partial charge in [-0.3, -0.25) is 9.55 Å². The number of aromatic nitrogens is 3. The average Bonchev–Trinajstić information content (AvgIpc) is 3.46. The molecule has 3 heterocycles. The van der Waals surface area contributed by atoms with Crippen molar-refractivity contribution in [1.29, 1.82) is 0 Å². The van der Waals surface area contributed by atoms with Crippen LogP contribution in [0.2, 0.25) is 0 Å². The predicted octanol–water partition coefficient (Wildman–Crippen LogP) is 9.86. The summed E-state index contributed by atoms with van der Waals surface area (Å²) in [5.41, 5.74) is 12.1. The van der Waals surface area contributed by atoms with E-state index in [-0.39, 0.29) is 5.41 Å². The molecular weight excluding hydrogens is 524 g/mol. The quantitative estimate of drug-likeness (QED) is 0.217. The summed E-state index contributed by atoms with van der Waals surface area (Å²) >= 11 is 0. The number of para-hydroxylation sites is 4. The summed E-state index contributed by atoms with van der Waals surface area (Å²) in [6.45, 7) is 4.64. The van der Waals surface area contributed by atoms with Crippen LogP contribution in [0.5, 0.6) is 0 Å². The topological polar surface area (TPSA) is 34.0 Å². The molecule has 4 heteroatoms. The van der Waals surface area contributed by atoms with Gasteiger partial charge in [0, 0.05) is 34.1 Å². The van der Waals surface area contributed by atoms with Crippen LogP contribution in [0.25, 0.3) is 39.4 Å². The molecule has 206 valence electrons. The number of anilines is 3. The van der Waals surface area contributed by atoms with E-state index in [1.807, 2.05) is 24.4 Å². The van der Waals surface area contributed by atoms with Crippen LogP contribution < -0.4 is 4.90 Å². The first kappa shape index (κ1) is 25.2. The molecule has 1 aliphatic rings. The van der Waals surface area contributed by atoms with Gasteiger partial charge >= 0.3 is 0 Å². The highest BCUT2D eigenvalue weighted by Crippen LogP contribution is 2.52. The Hall–Kier alpha value is -5.48. The first-order valence-corrected chi connectivity index (χ1v) is 14.7. The van der Waals surface area contributed by atoms with E-state index in [1.54, 1.807) is 0 Å². The van der Waals surface area contributed by atoms with Gasteiger partial charge in [-0.05, 0) is 71.8 Å². The van der Waals surface area contributed by atoms with E-state index in [4.69, 9.17) is 4.98 Å². The van der Waals surface area contributed by atoms with Crippen LogP contribution in [-0.4, -0.2) is 14.5 Å². The molecule has 0 atom stereocenters. The summed E-state index contributed by atoms with van der Waals surface area (Å²) in [6.07, 6.45) is 1.86. The second-order valence-electron chi connectivity index (χ2n) is 11.6. The number of pyridine rings is 1. The summed E-state index contributed by atoms with van der Waals surface area (Å²) in [7, 11) is 0. The Morgan fingerprint density at radius 2 is 1.30 bits per heavy atom. The van der Waals surface area contributed by atoms with Crippen molar-refractivity contribution in [2.45, 2.75) is 19.3 Å². The van der Waals surface area contributed by atoms with Crippen molar-refractivity contribution < 1.29 is 0 Å². The first-order chi connectivity index (χ1) is 21.1. The number of fused-ring (bicyclic) bond motifs is 3. The van der Waals surface area contributed by atoms with Crippen molar-refractivity contribution in [1.82, 2.24) is 14.5 Å². The molecule has 0 unspecified atom stereocenters. The Morgan fingerprint density at radius 1 is 0.558 bits per heavy atom. The van der Waals surface area contributed by atoms with E-state index in [0.29, 0.717) is 0 Å². The molecule has 0 saturated carbocycles. The van der Waals surface area contributed by atoms with Crippen molar-refractivity contribution in [3.8, 4) is 28.3 Å². The molecule has 8 rings (SSSR count). The summed E-state index contributed by atoms with van der Waals surface area (Å²) in [6, 6.07) is 49.2. The second kappa shape index (κ2) is 9.81. The molecule has 0 amide bonds. The third-order valence-electron chi connectivity index (χ3n) is 8.63. The maximum atomic E-state index is 5.15. The van der Waals surface area contributed by atoms with Gasteiger partial charge in [0.05, 0.1) is 28.1 Å². The number of rotatable bonds is 4. The molecule has 0 bridgehead atoms. The molecular formula is C39H30N4. The van der Waals surface area contributed by atoms with Gasteiger partial charge in [-0.25, -0.2) is 4.98 Å². The maximum Gasteiger partial charge on any atom is 0.145 e. The lowest BCUT2D eigenvalue weighted by atomic mass is 9.73. The van der Waals surface area contributed by atoms with E-state index in [2.05, 4.69) is 150 Å². The van der Waals surface area contributed by atoms with Gasteiger partial charge in [0.2, 0.25) is 0 Å². The van der Waals surface area contributed by atoms with Crippen molar-refractivity contribution in [3.63, 3.8) is 0 Å². The van der Waals surface area contributed by atoms with Crippen LogP contribution in [-0.2, 0) is 5.41 Å². The maximum absolute atomic E-state index is 5.15. The van der Waals surface area contributed by atoms with Crippen LogP contribution >= 0.6 is 0 Å². The highest BCUT2D eigenvalue weighted by atomic mass is 15.2. The number of hydrogen-bond donors (Lipinski definition) is 0. The molecule has 43 heavy (non-hydrogen) atoms. The average molecular weight is 555 g/mol. The van der Waals surface area contributed by atoms with E-state index < -0.39 is 0 Å². The number of benzene rings is 5. The monoisotopic (exact) mass is 554 g/mol. The normalized spacial score (nSPS) is 13.5. The molecule has 0 saturated heterocycles. The number of nitrogens with zero attached hydrogens (tertiary/aromatic N) is 4. The first-order valence-electron chi connectivity index (χ1n) is 14.7. The van der Waals surface area contributed by atoms with Gasteiger partial charge < -0.3 is 4.90 Å². The van der Waals surface area contributed by atoms with Crippen molar-refractivity contribution in [2.75, 3.05) is 4.90 Å². The fourth-order valence-electron chi connectivity index (χ4n) is 6.53. The Kier molecular flexibility index (Phi) is 5.76. The van der Waals surface area contributed by atoms with Gasteiger partial charge in [-0.15, -0.1) is 0 Å². The SMILES string of the molecule is CC1(C)c2ccccc2N(c2cccc(-c3nc4ccccc4n3-c3ccccc3)c2)c2cc(-c3ccccn3)ccc21. The standard InChI is InChI=1S/C39H30N4/c1-39(2)31-17-6-8-20-35(31)42(37-26-27(22-23-32(37)39)33-18-10-11-24-40-33)30-16-12-13-28(25-30)38-41-34-19-7-9-21-36(34)43(38)29-14-4-3-5-15-29/h3-26H,1-2H3. The fourth-order valence-corrected chi connectivity index (χ4v) is 6.53. The number of imidazole rings is 1. The van der Waals surface area contributed by atoms with Crippen LogP contribution in [0.3, 0.4) is 0 Å². The molecule has 2 aromatic heterocycles. The van der Waals surface area contributed by atoms with Crippen LogP contribution in [0.4, 0.5) is 17.1 Å². The summed E-state index contributed by atoms with van der Waals surface area (Å²) in [5.74, 6) is 0.919. The molecule has 0 aliphatic carbocycles. The second-order valence-corrected chi connectivity index (χ2v) is 11.6. The molecule has 1 aliphatic heterocycles. The Morgan fingerprint density at radius 3 is 2.16 bits per heavy atom. The lowest BCUT2D eigenvalue weighted by Gasteiger charge is -2.42. The third kappa shape index (κ3) is 4.06. The van der Waals surface area contributed by atoms with Crippen molar-refractivity contribution in [2.24, 2.45) is 0 Å². The molecule has 0 fully saturated rings. The number of hydrogen-bond acceptors (Lipinski definition) is 3. The zero-order chi connectivity index (χ0) is 29.0.